The Balaban J connectivity index is 1.41. The van der Waals surface area contributed by atoms with Crippen molar-refractivity contribution in [2.45, 2.75) is 13.5 Å². The first-order chi connectivity index (χ1) is 13.6. The van der Waals surface area contributed by atoms with Crippen LogP contribution in [0.15, 0.2) is 67.0 Å². The lowest BCUT2D eigenvalue weighted by Gasteiger charge is -2.34. The number of hydrogen-bond acceptors (Lipinski definition) is 3. The van der Waals surface area contributed by atoms with Crippen molar-refractivity contribution in [2.75, 3.05) is 24.5 Å². The summed E-state index contributed by atoms with van der Waals surface area (Å²) in [6, 6.07) is 17.8. The molecule has 2 aromatic carbocycles. The smallest absolute Gasteiger partial charge is 0.257 e. The second kappa shape index (κ2) is 7.68. The lowest BCUT2D eigenvalue weighted by Crippen LogP contribution is -2.52. The number of anilines is 1. The molecule has 6 nitrogen and oxygen atoms in total. The van der Waals surface area contributed by atoms with Gasteiger partial charge in [-0.25, -0.2) is 0 Å². The number of piperazine rings is 1. The molecular weight excluding hydrogens is 352 g/mol. The third kappa shape index (κ3) is 3.81. The molecule has 28 heavy (non-hydrogen) atoms. The van der Waals surface area contributed by atoms with Crippen LogP contribution < -0.4 is 4.90 Å². The van der Waals surface area contributed by atoms with Crippen LogP contribution >= 0.6 is 0 Å². The Hall–Kier alpha value is -3.41. The van der Waals surface area contributed by atoms with E-state index >= 15 is 0 Å². The van der Waals surface area contributed by atoms with E-state index in [1.807, 2.05) is 61.5 Å². The molecule has 1 saturated heterocycles. The summed E-state index contributed by atoms with van der Waals surface area (Å²) in [5.74, 6) is -0.226. The van der Waals surface area contributed by atoms with Crippen molar-refractivity contribution in [1.29, 1.82) is 0 Å². The molecule has 0 saturated carbocycles. The summed E-state index contributed by atoms with van der Waals surface area (Å²) < 4.78 is 1.74. The third-order valence-electron chi connectivity index (χ3n) is 4.92. The number of aryl methyl sites for hydroxylation is 1. The average molecular weight is 374 g/mol. The molecule has 142 valence electrons. The number of nitrogens with zero attached hydrogens (tertiary/aromatic N) is 4. The van der Waals surface area contributed by atoms with Gasteiger partial charge >= 0.3 is 0 Å². The summed E-state index contributed by atoms with van der Waals surface area (Å²) in [4.78, 5) is 28.7. The molecule has 3 aromatic rings. The molecule has 0 unspecified atom stereocenters. The molecule has 1 fully saturated rings. The van der Waals surface area contributed by atoms with Gasteiger partial charge in [-0.05, 0) is 24.6 Å². The quantitative estimate of drug-likeness (QED) is 0.706. The van der Waals surface area contributed by atoms with E-state index in [0.29, 0.717) is 25.2 Å². The summed E-state index contributed by atoms with van der Waals surface area (Å²) in [6.45, 7) is 3.69. The highest BCUT2D eigenvalue weighted by molar-refractivity contribution is 6.01. The average Bonchev–Trinajstić information content (AvgIpc) is 3.17. The number of carbonyl (C=O) groups excluding carboxylic acids is 2. The fourth-order valence-electron chi connectivity index (χ4n) is 3.36. The van der Waals surface area contributed by atoms with E-state index in [1.165, 1.54) is 0 Å². The fraction of sp³-hybridized carbons (Fsp3) is 0.227. The molecule has 0 spiro atoms. The number of amides is 2. The maximum Gasteiger partial charge on any atom is 0.257 e. The SMILES string of the molecule is Cc1ccc(N2CCN(C(=O)c3cnn(Cc4ccccc4)c3)CC2=O)cc1. The molecule has 2 heterocycles. The van der Waals surface area contributed by atoms with Crippen molar-refractivity contribution in [3.63, 3.8) is 0 Å². The van der Waals surface area contributed by atoms with Crippen molar-refractivity contribution in [3.05, 3.63) is 83.7 Å². The van der Waals surface area contributed by atoms with E-state index in [4.69, 9.17) is 0 Å². The summed E-state index contributed by atoms with van der Waals surface area (Å²) in [5, 5.41) is 4.29. The normalized spacial score (nSPS) is 14.4. The molecule has 0 bridgehead atoms. The van der Waals surface area contributed by atoms with Gasteiger partial charge in [-0.3, -0.25) is 14.3 Å². The highest BCUT2D eigenvalue weighted by Gasteiger charge is 2.29. The van der Waals surface area contributed by atoms with Crippen molar-refractivity contribution < 1.29 is 9.59 Å². The van der Waals surface area contributed by atoms with E-state index < -0.39 is 0 Å². The van der Waals surface area contributed by atoms with Gasteiger partial charge in [0, 0.05) is 25.0 Å². The van der Waals surface area contributed by atoms with Crippen LogP contribution in [0.25, 0.3) is 0 Å². The molecule has 2 amide bonds. The standard InChI is InChI=1S/C22H22N4O2/c1-17-7-9-20(10-8-17)26-12-11-24(16-21(26)27)22(28)19-13-23-25(15-19)14-18-5-3-2-4-6-18/h2-10,13,15H,11-12,14,16H2,1H3. The Kier molecular flexibility index (Phi) is 4.93. The van der Waals surface area contributed by atoms with Crippen molar-refractivity contribution >= 4 is 17.5 Å². The number of rotatable bonds is 4. The monoisotopic (exact) mass is 374 g/mol. The molecule has 1 aromatic heterocycles. The third-order valence-corrected chi connectivity index (χ3v) is 4.92. The summed E-state index contributed by atoms with van der Waals surface area (Å²) in [6.07, 6.45) is 3.31. The fourth-order valence-corrected chi connectivity index (χ4v) is 3.36. The highest BCUT2D eigenvalue weighted by atomic mass is 16.2. The molecule has 0 radical (unpaired) electrons. The van der Waals surface area contributed by atoms with Crippen LogP contribution in [-0.4, -0.2) is 46.1 Å². The minimum absolute atomic E-state index is 0.0693. The molecule has 0 atom stereocenters. The van der Waals surface area contributed by atoms with Gasteiger partial charge in [0.25, 0.3) is 5.91 Å². The van der Waals surface area contributed by atoms with Crippen molar-refractivity contribution in [2.24, 2.45) is 0 Å². The Morgan fingerprint density at radius 1 is 1.04 bits per heavy atom. The van der Waals surface area contributed by atoms with Crippen molar-refractivity contribution in [3.8, 4) is 0 Å². The predicted octanol–water partition coefficient (Wildman–Crippen LogP) is 2.73. The summed E-state index contributed by atoms with van der Waals surface area (Å²) in [5.41, 5.74) is 3.65. The van der Waals surface area contributed by atoms with E-state index in [-0.39, 0.29) is 18.4 Å². The molecule has 4 rings (SSSR count). The number of aromatic nitrogens is 2. The molecule has 6 heteroatoms. The largest absolute Gasteiger partial charge is 0.327 e. The molecule has 1 aliphatic heterocycles. The van der Waals surface area contributed by atoms with Crippen LogP contribution in [0.2, 0.25) is 0 Å². The minimum atomic E-state index is -0.156. The van der Waals surface area contributed by atoms with Crippen LogP contribution in [0.5, 0.6) is 0 Å². The van der Waals surface area contributed by atoms with Crippen LogP contribution in [0.3, 0.4) is 0 Å². The van der Waals surface area contributed by atoms with Gasteiger partial charge in [-0.2, -0.15) is 5.10 Å². The zero-order valence-electron chi connectivity index (χ0n) is 15.8. The van der Waals surface area contributed by atoms with E-state index in [9.17, 15) is 9.59 Å². The Morgan fingerprint density at radius 2 is 1.79 bits per heavy atom. The molecule has 1 aliphatic rings. The van der Waals surface area contributed by atoms with Gasteiger partial charge in [0.2, 0.25) is 5.91 Å². The topological polar surface area (TPSA) is 58.4 Å². The summed E-state index contributed by atoms with van der Waals surface area (Å²) in [7, 11) is 0. The molecular formula is C22H22N4O2. The first-order valence-corrected chi connectivity index (χ1v) is 9.33. The van der Waals surface area contributed by atoms with E-state index in [2.05, 4.69) is 5.10 Å². The van der Waals surface area contributed by atoms with E-state index in [0.717, 1.165) is 16.8 Å². The lowest BCUT2D eigenvalue weighted by molar-refractivity contribution is -0.120. The van der Waals surface area contributed by atoms with Gasteiger partial charge < -0.3 is 9.80 Å². The molecule has 0 aliphatic carbocycles. The predicted molar refractivity (Wildman–Crippen MR) is 107 cm³/mol. The van der Waals surface area contributed by atoms with Crippen molar-refractivity contribution in [1.82, 2.24) is 14.7 Å². The Labute approximate surface area is 164 Å². The Morgan fingerprint density at radius 3 is 2.50 bits per heavy atom. The first-order valence-electron chi connectivity index (χ1n) is 9.33. The zero-order valence-corrected chi connectivity index (χ0v) is 15.8. The second-order valence-electron chi connectivity index (χ2n) is 7.02. The van der Waals surface area contributed by atoms with Gasteiger partial charge in [-0.1, -0.05) is 48.0 Å². The molecule has 0 N–H and O–H groups in total. The van der Waals surface area contributed by atoms with Gasteiger partial charge in [-0.15, -0.1) is 0 Å². The highest BCUT2D eigenvalue weighted by Crippen LogP contribution is 2.19. The zero-order chi connectivity index (χ0) is 19.5. The van der Waals surface area contributed by atoms with Crippen LogP contribution in [0, 0.1) is 6.92 Å². The second-order valence-corrected chi connectivity index (χ2v) is 7.02. The number of carbonyl (C=O) groups is 2. The minimum Gasteiger partial charge on any atom is -0.327 e. The van der Waals surface area contributed by atoms with Gasteiger partial charge in [0.1, 0.15) is 6.54 Å². The lowest BCUT2D eigenvalue weighted by atomic mass is 10.2. The van der Waals surface area contributed by atoms with Crippen LogP contribution in [0.4, 0.5) is 5.69 Å². The van der Waals surface area contributed by atoms with Crippen LogP contribution in [0.1, 0.15) is 21.5 Å². The Bertz CT molecular complexity index is 979. The maximum absolute atomic E-state index is 12.8. The van der Waals surface area contributed by atoms with Gasteiger partial charge in [0.15, 0.2) is 0 Å². The first kappa shape index (κ1) is 18.0. The number of benzene rings is 2. The maximum atomic E-state index is 12.8. The van der Waals surface area contributed by atoms with Crippen LogP contribution in [-0.2, 0) is 11.3 Å². The van der Waals surface area contributed by atoms with E-state index in [1.54, 1.807) is 26.9 Å². The summed E-state index contributed by atoms with van der Waals surface area (Å²) >= 11 is 0. The number of hydrogen-bond donors (Lipinski definition) is 0. The van der Waals surface area contributed by atoms with Gasteiger partial charge in [0.05, 0.1) is 18.3 Å².